The maximum absolute atomic E-state index is 13.4. The van der Waals surface area contributed by atoms with E-state index in [2.05, 4.69) is 43.0 Å². The minimum Gasteiger partial charge on any atom is -0.435 e. The predicted molar refractivity (Wildman–Crippen MR) is 135 cm³/mol. The molecule has 0 amide bonds. The highest BCUT2D eigenvalue weighted by Gasteiger charge is 2.27. The zero-order valence-electron chi connectivity index (χ0n) is 19.7. The molecule has 0 radical (unpaired) electrons. The molecule has 1 N–H and O–H groups in total. The van der Waals surface area contributed by atoms with Gasteiger partial charge in [-0.15, -0.1) is 10.2 Å². The van der Waals surface area contributed by atoms with Crippen molar-refractivity contribution < 1.29 is 17.9 Å². The van der Waals surface area contributed by atoms with E-state index in [0.29, 0.717) is 6.67 Å². The summed E-state index contributed by atoms with van der Waals surface area (Å²) >= 11 is 0. The van der Waals surface area contributed by atoms with Gasteiger partial charge >= 0.3 is 6.61 Å². The maximum atomic E-state index is 13.4. The van der Waals surface area contributed by atoms with Gasteiger partial charge in [-0.3, -0.25) is 4.90 Å². The second-order valence-corrected chi connectivity index (χ2v) is 8.78. The molecule has 4 aromatic rings. The number of benzene rings is 3. The summed E-state index contributed by atoms with van der Waals surface area (Å²) in [6.45, 7) is 2.37. The van der Waals surface area contributed by atoms with Gasteiger partial charge in [-0.25, -0.2) is 4.39 Å². The van der Waals surface area contributed by atoms with Crippen LogP contribution in [0.25, 0.3) is 22.0 Å². The number of halogens is 3. The molecular formula is C27H26F3N5O. The summed E-state index contributed by atoms with van der Waals surface area (Å²) in [7, 11) is 0. The third kappa shape index (κ3) is 5.21. The topological polar surface area (TPSA) is 53.5 Å². The van der Waals surface area contributed by atoms with Gasteiger partial charge in [0.25, 0.3) is 0 Å². The van der Waals surface area contributed by atoms with E-state index in [1.165, 1.54) is 24.3 Å². The summed E-state index contributed by atoms with van der Waals surface area (Å²) in [6, 6.07) is 21.0. The lowest BCUT2D eigenvalue weighted by atomic mass is 10.0. The van der Waals surface area contributed by atoms with Crippen LogP contribution < -0.4 is 15.0 Å². The molecule has 1 aliphatic heterocycles. The Morgan fingerprint density at radius 2 is 1.67 bits per heavy atom. The van der Waals surface area contributed by atoms with Crippen molar-refractivity contribution in [3.05, 3.63) is 78.6 Å². The van der Waals surface area contributed by atoms with Crippen LogP contribution >= 0.6 is 0 Å². The van der Waals surface area contributed by atoms with Crippen molar-refractivity contribution in [2.75, 3.05) is 36.5 Å². The first-order chi connectivity index (χ1) is 17.5. The summed E-state index contributed by atoms with van der Waals surface area (Å²) in [5.74, 6) is 0.689. The average Bonchev–Trinajstić information content (AvgIpc) is 2.88. The highest BCUT2D eigenvalue weighted by atomic mass is 19.3. The number of nitrogens with one attached hydrogen (secondary N) is 1. The molecule has 186 valence electrons. The van der Waals surface area contributed by atoms with Crippen molar-refractivity contribution in [3.8, 4) is 17.0 Å². The second kappa shape index (κ2) is 10.4. The van der Waals surface area contributed by atoms with Gasteiger partial charge in [-0.1, -0.05) is 24.3 Å². The van der Waals surface area contributed by atoms with Crippen molar-refractivity contribution in [1.29, 1.82) is 0 Å². The van der Waals surface area contributed by atoms with Crippen molar-refractivity contribution in [2.45, 2.75) is 19.6 Å². The van der Waals surface area contributed by atoms with E-state index in [1.54, 1.807) is 24.3 Å². The zero-order chi connectivity index (χ0) is 25.1. The molecule has 3 aromatic carbocycles. The van der Waals surface area contributed by atoms with Crippen LogP contribution in [-0.4, -0.2) is 54.1 Å². The first-order valence-corrected chi connectivity index (χ1v) is 11.8. The highest BCUT2D eigenvalue weighted by molar-refractivity contribution is 6.00. The molecule has 5 rings (SSSR count). The minimum absolute atomic E-state index is 0.136. The minimum atomic E-state index is -2.83. The molecule has 1 fully saturated rings. The van der Waals surface area contributed by atoms with Crippen molar-refractivity contribution in [1.82, 2.24) is 15.1 Å². The van der Waals surface area contributed by atoms with Crippen LogP contribution in [0.3, 0.4) is 0 Å². The second-order valence-electron chi connectivity index (χ2n) is 8.78. The normalized spacial score (nSPS) is 16.5. The monoisotopic (exact) mass is 493 g/mol. The number of alkyl halides is 2. The number of ether oxygens (including phenoxy) is 1. The zero-order valence-corrected chi connectivity index (χ0v) is 19.7. The smallest absolute Gasteiger partial charge is 0.387 e. The summed E-state index contributed by atoms with van der Waals surface area (Å²) in [5, 5.41) is 14.5. The average molecular weight is 494 g/mol. The molecule has 1 aliphatic rings. The van der Waals surface area contributed by atoms with Gasteiger partial charge in [0.15, 0.2) is 5.82 Å². The number of anilines is 2. The Hall–Kier alpha value is -3.85. The highest BCUT2D eigenvalue weighted by Crippen LogP contribution is 2.33. The fourth-order valence-electron chi connectivity index (χ4n) is 4.57. The number of piperazine rings is 1. The van der Waals surface area contributed by atoms with Crippen LogP contribution in [0.1, 0.15) is 6.92 Å². The van der Waals surface area contributed by atoms with Gasteiger partial charge in [0.2, 0.25) is 0 Å². The third-order valence-corrected chi connectivity index (χ3v) is 6.36. The largest absolute Gasteiger partial charge is 0.435 e. The molecule has 0 saturated carbocycles. The lowest BCUT2D eigenvalue weighted by Crippen LogP contribution is -2.53. The quantitative estimate of drug-likeness (QED) is 0.361. The molecule has 0 aliphatic carbocycles. The van der Waals surface area contributed by atoms with Crippen molar-refractivity contribution in [3.63, 3.8) is 0 Å². The molecule has 1 unspecified atom stereocenters. The van der Waals surface area contributed by atoms with Gasteiger partial charge in [0.05, 0.1) is 6.67 Å². The molecule has 36 heavy (non-hydrogen) atoms. The number of fused-ring (bicyclic) bond motifs is 1. The van der Waals surface area contributed by atoms with E-state index in [-0.39, 0.29) is 17.6 Å². The Bertz CT molecular complexity index is 1320. The molecule has 1 atom stereocenters. The number of rotatable bonds is 7. The molecule has 9 heteroatoms. The third-order valence-electron chi connectivity index (χ3n) is 6.36. The van der Waals surface area contributed by atoms with Crippen LogP contribution in [0.4, 0.5) is 24.7 Å². The van der Waals surface area contributed by atoms with E-state index in [4.69, 9.17) is 0 Å². The number of nitrogens with zero attached hydrogens (tertiary/aromatic N) is 4. The Labute approximate surface area is 207 Å². The lowest BCUT2D eigenvalue weighted by molar-refractivity contribution is -0.0498. The van der Waals surface area contributed by atoms with Crippen LogP contribution in [0, 0.1) is 5.82 Å². The van der Waals surface area contributed by atoms with E-state index < -0.39 is 6.61 Å². The predicted octanol–water partition coefficient (Wildman–Crippen LogP) is 5.62. The summed E-state index contributed by atoms with van der Waals surface area (Å²) in [6.07, 6.45) is 0. The Kier molecular flexibility index (Phi) is 6.90. The van der Waals surface area contributed by atoms with E-state index in [0.717, 1.165) is 53.2 Å². The fourth-order valence-corrected chi connectivity index (χ4v) is 4.57. The Morgan fingerprint density at radius 1 is 0.944 bits per heavy atom. The summed E-state index contributed by atoms with van der Waals surface area (Å²) in [5.41, 5.74) is 2.39. The first-order valence-electron chi connectivity index (χ1n) is 11.8. The van der Waals surface area contributed by atoms with Gasteiger partial charge in [0, 0.05) is 47.7 Å². The Balaban J connectivity index is 1.28. The molecule has 1 saturated heterocycles. The van der Waals surface area contributed by atoms with Crippen LogP contribution in [0.2, 0.25) is 0 Å². The molecule has 0 bridgehead atoms. The summed E-state index contributed by atoms with van der Waals surface area (Å²) < 4.78 is 42.5. The number of hydrogen-bond donors (Lipinski definition) is 1. The number of hydrogen-bond acceptors (Lipinski definition) is 6. The molecular weight excluding hydrogens is 467 g/mol. The van der Waals surface area contributed by atoms with Crippen LogP contribution in [-0.2, 0) is 0 Å². The lowest BCUT2D eigenvalue weighted by Gasteiger charge is -2.40. The van der Waals surface area contributed by atoms with Crippen molar-refractivity contribution >= 4 is 22.3 Å². The van der Waals surface area contributed by atoms with Gasteiger partial charge in [-0.2, -0.15) is 8.78 Å². The SMILES string of the molecule is CC1CN(CNc2ccc(OC(F)F)cc2)CCN1c1nnc(-c2ccc(F)cc2)c2ccccc12. The van der Waals surface area contributed by atoms with Crippen LogP contribution in [0.15, 0.2) is 72.8 Å². The van der Waals surface area contributed by atoms with Crippen molar-refractivity contribution in [2.24, 2.45) is 0 Å². The van der Waals surface area contributed by atoms with E-state index in [9.17, 15) is 13.2 Å². The fraction of sp³-hybridized carbons (Fsp3) is 0.259. The molecule has 0 spiro atoms. The molecule has 6 nitrogen and oxygen atoms in total. The van der Waals surface area contributed by atoms with Gasteiger partial charge in [-0.05, 0) is 55.5 Å². The first kappa shape index (κ1) is 23.9. The van der Waals surface area contributed by atoms with Crippen LogP contribution in [0.5, 0.6) is 5.75 Å². The Morgan fingerprint density at radius 3 is 2.36 bits per heavy atom. The van der Waals surface area contributed by atoms with E-state index in [1.807, 2.05) is 18.2 Å². The van der Waals surface area contributed by atoms with E-state index >= 15 is 0 Å². The maximum Gasteiger partial charge on any atom is 0.387 e. The molecule has 2 heterocycles. The van der Waals surface area contributed by atoms with Gasteiger partial charge < -0.3 is 15.0 Å². The summed E-state index contributed by atoms with van der Waals surface area (Å²) in [4.78, 5) is 4.57. The van der Waals surface area contributed by atoms with Gasteiger partial charge in [0.1, 0.15) is 17.3 Å². The number of aromatic nitrogens is 2. The standard InChI is InChI=1S/C27H26F3N5O/c1-18-16-34(17-31-21-10-12-22(13-11-21)36-27(29)30)14-15-35(18)26-24-5-3-2-4-23(24)25(32-33-26)19-6-8-20(28)9-7-19/h2-13,18,27,31H,14-17H2,1H3. The molecule has 1 aromatic heterocycles.